The topological polar surface area (TPSA) is 56.1 Å². The number of hydrogen-bond acceptors (Lipinski definition) is 3. The van der Waals surface area contributed by atoms with Crippen LogP contribution in [0.25, 0.3) is 0 Å². The van der Waals surface area contributed by atoms with E-state index in [1.54, 1.807) is 0 Å². The van der Waals surface area contributed by atoms with Crippen molar-refractivity contribution in [1.82, 2.24) is 10.2 Å². The second-order valence-corrected chi connectivity index (χ2v) is 4.93. The number of hydrogen-bond donors (Lipinski definition) is 1. The van der Waals surface area contributed by atoms with Gasteiger partial charge in [0.25, 0.3) is 0 Å². The first kappa shape index (κ1) is 14.0. The minimum absolute atomic E-state index is 0.0800. The molecule has 1 fully saturated rings. The van der Waals surface area contributed by atoms with E-state index in [1.807, 2.05) is 13.8 Å². The van der Waals surface area contributed by atoms with Crippen LogP contribution in [-0.4, -0.2) is 36.0 Å². The zero-order valence-electron chi connectivity index (χ0n) is 11.1. The molecule has 0 bridgehead atoms. The predicted octanol–water partition coefficient (Wildman–Crippen LogP) is 1.53. The molecule has 1 aliphatic heterocycles. The van der Waals surface area contributed by atoms with Crippen LogP contribution in [-0.2, 0) is 4.79 Å². The van der Waals surface area contributed by atoms with Crippen molar-refractivity contribution in [1.29, 1.82) is 5.26 Å². The summed E-state index contributed by atoms with van der Waals surface area (Å²) in [5.41, 5.74) is 0. The molecule has 1 amide bonds. The van der Waals surface area contributed by atoms with Gasteiger partial charge in [-0.1, -0.05) is 6.92 Å². The van der Waals surface area contributed by atoms with E-state index in [1.165, 1.54) is 0 Å². The Kier molecular flexibility index (Phi) is 5.43. The van der Waals surface area contributed by atoms with Crippen molar-refractivity contribution in [3.8, 4) is 6.07 Å². The Bertz CT molecular complexity index is 290. The van der Waals surface area contributed by atoms with Crippen LogP contribution in [0.3, 0.4) is 0 Å². The number of carbonyl (C=O) groups excluding carboxylic acids is 1. The van der Waals surface area contributed by atoms with Gasteiger partial charge in [0.1, 0.15) is 0 Å². The monoisotopic (exact) mass is 237 g/mol. The molecular formula is C13H23N3O. The predicted molar refractivity (Wildman–Crippen MR) is 67.3 cm³/mol. The number of nitrogens with one attached hydrogen (secondary N) is 1. The van der Waals surface area contributed by atoms with Crippen LogP contribution >= 0.6 is 0 Å². The van der Waals surface area contributed by atoms with Crippen LogP contribution in [0.2, 0.25) is 0 Å². The highest BCUT2D eigenvalue weighted by molar-refractivity contribution is 5.81. The minimum atomic E-state index is -0.0800. The molecule has 0 aromatic heterocycles. The van der Waals surface area contributed by atoms with E-state index < -0.39 is 0 Å². The molecule has 4 heteroatoms. The van der Waals surface area contributed by atoms with Crippen molar-refractivity contribution < 1.29 is 4.79 Å². The lowest BCUT2D eigenvalue weighted by atomic mass is 9.97. The van der Waals surface area contributed by atoms with Crippen LogP contribution in [0, 0.1) is 17.2 Å². The van der Waals surface area contributed by atoms with Gasteiger partial charge >= 0.3 is 0 Å². The second-order valence-electron chi connectivity index (χ2n) is 4.93. The summed E-state index contributed by atoms with van der Waals surface area (Å²) in [6.45, 7) is 7.74. The minimum Gasteiger partial charge on any atom is -0.352 e. The molecule has 1 heterocycles. The number of amides is 1. The van der Waals surface area contributed by atoms with Crippen molar-refractivity contribution in [2.45, 2.75) is 52.1 Å². The quantitative estimate of drug-likeness (QED) is 0.806. The Morgan fingerprint density at radius 1 is 1.47 bits per heavy atom. The Labute approximate surface area is 104 Å². The molecule has 0 saturated carbocycles. The maximum absolute atomic E-state index is 11.9. The molecule has 1 rings (SSSR count). The highest BCUT2D eigenvalue weighted by Crippen LogP contribution is 2.18. The van der Waals surface area contributed by atoms with Crippen LogP contribution in [0.4, 0.5) is 0 Å². The molecule has 0 spiro atoms. The third-order valence-corrected chi connectivity index (χ3v) is 3.64. The summed E-state index contributed by atoms with van der Waals surface area (Å²) in [5, 5.41) is 11.8. The number of rotatable bonds is 4. The SMILES string of the molecule is CCC(C)NC(=O)C(C)N1CCC(C#N)CC1. The molecule has 1 saturated heterocycles. The lowest BCUT2D eigenvalue weighted by Crippen LogP contribution is -2.49. The zero-order valence-corrected chi connectivity index (χ0v) is 11.1. The summed E-state index contributed by atoms with van der Waals surface area (Å²) in [5.74, 6) is 0.283. The second kappa shape index (κ2) is 6.61. The van der Waals surface area contributed by atoms with Crippen LogP contribution in [0.5, 0.6) is 0 Å². The fourth-order valence-electron chi connectivity index (χ4n) is 2.05. The van der Waals surface area contributed by atoms with Gasteiger partial charge in [0, 0.05) is 25.0 Å². The van der Waals surface area contributed by atoms with E-state index in [9.17, 15) is 4.79 Å². The Hall–Kier alpha value is -1.08. The average molecular weight is 237 g/mol. The molecule has 0 aromatic carbocycles. The fraction of sp³-hybridized carbons (Fsp3) is 0.846. The molecule has 17 heavy (non-hydrogen) atoms. The Balaban J connectivity index is 2.40. The molecule has 2 unspecified atom stereocenters. The van der Waals surface area contributed by atoms with Crippen molar-refractivity contribution in [2.24, 2.45) is 5.92 Å². The van der Waals surface area contributed by atoms with E-state index in [0.717, 1.165) is 32.4 Å². The van der Waals surface area contributed by atoms with Crippen molar-refractivity contribution in [3.63, 3.8) is 0 Å². The molecule has 1 N–H and O–H groups in total. The fourth-order valence-corrected chi connectivity index (χ4v) is 2.05. The molecule has 96 valence electrons. The van der Waals surface area contributed by atoms with Crippen LogP contribution in [0.1, 0.15) is 40.0 Å². The first-order chi connectivity index (χ1) is 8.08. The van der Waals surface area contributed by atoms with Gasteiger partial charge in [-0.2, -0.15) is 5.26 Å². The summed E-state index contributed by atoms with van der Waals surface area (Å²) in [6.07, 6.45) is 2.73. The van der Waals surface area contributed by atoms with E-state index in [4.69, 9.17) is 5.26 Å². The maximum Gasteiger partial charge on any atom is 0.237 e. The summed E-state index contributed by atoms with van der Waals surface area (Å²) < 4.78 is 0. The largest absolute Gasteiger partial charge is 0.352 e. The summed E-state index contributed by atoms with van der Waals surface area (Å²) in [4.78, 5) is 14.1. The average Bonchev–Trinajstić information content (AvgIpc) is 2.37. The third-order valence-electron chi connectivity index (χ3n) is 3.64. The van der Waals surface area contributed by atoms with E-state index >= 15 is 0 Å². The van der Waals surface area contributed by atoms with Gasteiger partial charge < -0.3 is 5.32 Å². The van der Waals surface area contributed by atoms with Gasteiger partial charge in [0.15, 0.2) is 0 Å². The molecule has 2 atom stereocenters. The van der Waals surface area contributed by atoms with Gasteiger partial charge in [0.2, 0.25) is 5.91 Å². The van der Waals surface area contributed by atoms with Gasteiger partial charge in [0.05, 0.1) is 12.1 Å². The van der Waals surface area contributed by atoms with Crippen LogP contribution < -0.4 is 5.32 Å². The van der Waals surface area contributed by atoms with Crippen LogP contribution in [0.15, 0.2) is 0 Å². The van der Waals surface area contributed by atoms with Crippen molar-refractivity contribution in [3.05, 3.63) is 0 Å². The lowest BCUT2D eigenvalue weighted by molar-refractivity contribution is -0.127. The molecule has 1 aliphatic rings. The number of carbonyl (C=O) groups is 1. The van der Waals surface area contributed by atoms with Gasteiger partial charge in [-0.05, 0) is 33.1 Å². The van der Waals surface area contributed by atoms with E-state index in [0.29, 0.717) is 0 Å². The maximum atomic E-state index is 11.9. The van der Waals surface area contributed by atoms with Crippen molar-refractivity contribution >= 4 is 5.91 Å². The number of nitriles is 1. The molecule has 0 aliphatic carbocycles. The molecule has 0 aromatic rings. The first-order valence-electron chi connectivity index (χ1n) is 6.52. The highest BCUT2D eigenvalue weighted by Gasteiger charge is 2.26. The smallest absolute Gasteiger partial charge is 0.237 e. The van der Waals surface area contributed by atoms with Gasteiger partial charge in [-0.3, -0.25) is 9.69 Å². The number of piperidine rings is 1. The lowest BCUT2D eigenvalue weighted by Gasteiger charge is -2.33. The standard InChI is InChI=1S/C13H23N3O/c1-4-10(2)15-13(17)11(3)16-7-5-12(9-14)6-8-16/h10-12H,4-8H2,1-3H3,(H,15,17). The van der Waals surface area contributed by atoms with Gasteiger partial charge in [-0.15, -0.1) is 0 Å². The third kappa shape index (κ3) is 4.01. The summed E-state index contributed by atoms with van der Waals surface area (Å²) in [6, 6.07) is 2.46. The number of nitrogens with zero attached hydrogens (tertiary/aromatic N) is 2. The molecular weight excluding hydrogens is 214 g/mol. The van der Waals surface area contributed by atoms with Crippen molar-refractivity contribution in [2.75, 3.05) is 13.1 Å². The Morgan fingerprint density at radius 3 is 2.53 bits per heavy atom. The van der Waals surface area contributed by atoms with E-state index in [-0.39, 0.29) is 23.9 Å². The summed E-state index contributed by atoms with van der Waals surface area (Å²) in [7, 11) is 0. The van der Waals surface area contributed by atoms with Gasteiger partial charge in [-0.25, -0.2) is 0 Å². The number of likely N-dealkylation sites (tertiary alicyclic amines) is 1. The molecule has 0 radical (unpaired) electrons. The molecule has 4 nitrogen and oxygen atoms in total. The summed E-state index contributed by atoms with van der Waals surface area (Å²) >= 11 is 0. The zero-order chi connectivity index (χ0) is 12.8. The first-order valence-corrected chi connectivity index (χ1v) is 6.52. The van der Waals surface area contributed by atoms with E-state index in [2.05, 4.69) is 23.2 Å². The normalized spacial score (nSPS) is 21.5. The highest BCUT2D eigenvalue weighted by atomic mass is 16.2. The Morgan fingerprint density at radius 2 is 2.06 bits per heavy atom.